The fraction of sp³-hybridized carbons (Fsp3) is 0.640. The SMILES string of the molecule is CC(C)[C@@H]1CC[C@@H](C)C[C@H]1OC(=O)c1c2n(c3ccccc13)C[C@@H]1OC(C)(C)O[C@H]21. The predicted octanol–water partition coefficient (Wildman–Crippen LogP) is 5.47. The highest BCUT2D eigenvalue weighted by Gasteiger charge is 2.50. The number of benzene rings is 1. The van der Waals surface area contributed by atoms with E-state index in [1.54, 1.807) is 0 Å². The van der Waals surface area contributed by atoms with Gasteiger partial charge in [0.1, 0.15) is 18.3 Å². The lowest BCUT2D eigenvalue weighted by molar-refractivity contribution is -0.151. The van der Waals surface area contributed by atoms with Crippen molar-refractivity contribution in [2.75, 3.05) is 0 Å². The maximum absolute atomic E-state index is 13.6. The summed E-state index contributed by atoms with van der Waals surface area (Å²) in [5.41, 5.74) is 2.64. The van der Waals surface area contributed by atoms with E-state index >= 15 is 0 Å². The van der Waals surface area contributed by atoms with Gasteiger partial charge in [-0.3, -0.25) is 0 Å². The van der Waals surface area contributed by atoms with Gasteiger partial charge in [0.25, 0.3) is 0 Å². The monoisotopic (exact) mass is 411 g/mol. The maximum atomic E-state index is 13.6. The molecule has 3 heterocycles. The van der Waals surface area contributed by atoms with Crippen molar-refractivity contribution >= 4 is 16.9 Å². The van der Waals surface area contributed by atoms with Gasteiger partial charge in [0.2, 0.25) is 0 Å². The average molecular weight is 412 g/mol. The highest BCUT2D eigenvalue weighted by Crippen LogP contribution is 2.48. The van der Waals surface area contributed by atoms with Crippen molar-refractivity contribution in [3.8, 4) is 0 Å². The van der Waals surface area contributed by atoms with Crippen molar-refractivity contribution in [3.63, 3.8) is 0 Å². The normalized spacial score (nSPS) is 32.4. The molecule has 0 amide bonds. The Kier molecular flexibility index (Phi) is 4.75. The van der Waals surface area contributed by atoms with Crippen LogP contribution >= 0.6 is 0 Å². The maximum Gasteiger partial charge on any atom is 0.341 e. The van der Waals surface area contributed by atoms with Crippen LogP contribution in [0, 0.1) is 17.8 Å². The first-order valence-electron chi connectivity index (χ1n) is 11.4. The van der Waals surface area contributed by atoms with Crippen LogP contribution in [0.5, 0.6) is 0 Å². The summed E-state index contributed by atoms with van der Waals surface area (Å²) in [4.78, 5) is 13.6. The Morgan fingerprint density at radius 3 is 2.73 bits per heavy atom. The number of hydrogen-bond donors (Lipinski definition) is 0. The average Bonchev–Trinajstić information content (AvgIpc) is 3.26. The largest absolute Gasteiger partial charge is 0.458 e. The topological polar surface area (TPSA) is 49.7 Å². The molecular formula is C25H33NO4. The van der Waals surface area contributed by atoms with Crippen molar-refractivity contribution in [1.82, 2.24) is 4.57 Å². The van der Waals surface area contributed by atoms with Gasteiger partial charge in [-0.2, -0.15) is 0 Å². The molecule has 2 aliphatic heterocycles. The smallest absolute Gasteiger partial charge is 0.341 e. The molecule has 5 atom stereocenters. The standard InChI is InChI=1S/C25H33NO4/c1-14(2)16-11-10-15(3)12-19(16)28-24(27)21-17-8-6-7-9-18(17)26-13-20-23(22(21)26)30-25(4,5)29-20/h6-9,14-16,19-20,23H,10-13H2,1-5H3/t15-,16+,19-,20+,23+/m1/s1. The van der Waals surface area contributed by atoms with Crippen LogP contribution < -0.4 is 0 Å². The zero-order valence-electron chi connectivity index (χ0n) is 18.7. The summed E-state index contributed by atoms with van der Waals surface area (Å²) in [7, 11) is 0. The molecule has 0 spiro atoms. The Bertz CT molecular complexity index is 975. The van der Waals surface area contributed by atoms with Crippen molar-refractivity contribution in [1.29, 1.82) is 0 Å². The molecule has 1 saturated carbocycles. The van der Waals surface area contributed by atoms with Crippen molar-refractivity contribution in [2.24, 2.45) is 17.8 Å². The molecule has 5 rings (SSSR count). The molecule has 0 radical (unpaired) electrons. The van der Waals surface area contributed by atoms with Gasteiger partial charge in [-0.1, -0.05) is 45.4 Å². The first-order chi connectivity index (χ1) is 14.2. The number of carbonyl (C=O) groups is 1. The summed E-state index contributed by atoms with van der Waals surface area (Å²) in [6.45, 7) is 11.3. The molecule has 2 fully saturated rings. The van der Waals surface area contributed by atoms with E-state index in [2.05, 4.69) is 31.4 Å². The summed E-state index contributed by atoms with van der Waals surface area (Å²) < 4.78 is 20.8. The lowest BCUT2D eigenvalue weighted by Crippen LogP contribution is -2.36. The first-order valence-corrected chi connectivity index (χ1v) is 11.4. The molecule has 0 N–H and O–H groups in total. The van der Waals surface area contributed by atoms with Gasteiger partial charge in [-0.05, 0) is 50.5 Å². The van der Waals surface area contributed by atoms with E-state index in [-0.39, 0.29) is 24.3 Å². The minimum Gasteiger partial charge on any atom is -0.458 e. The molecule has 0 bridgehead atoms. The number of ether oxygens (including phenoxy) is 3. The third kappa shape index (κ3) is 3.18. The summed E-state index contributed by atoms with van der Waals surface area (Å²) in [5, 5.41) is 0.953. The number of hydrogen-bond acceptors (Lipinski definition) is 4. The molecule has 5 nitrogen and oxygen atoms in total. The molecular weight excluding hydrogens is 378 g/mol. The van der Waals surface area contributed by atoms with E-state index < -0.39 is 5.79 Å². The van der Waals surface area contributed by atoms with Gasteiger partial charge in [0.05, 0.1) is 17.8 Å². The Balaban J connectivity index is 1.53. The van der Waals surface area contributed by atoms with E-state index in [0.29, 0.717) is 29.9 Å². The van der Waals surface area contributed by atoms with E-state index in [4.69, 9.17) is 14.2 Å². The predicted molar refractivity (Wildman–Crippen MR) is 115 cm³/mol. The molecule has 2 aromatic rings. The van der Waals surface area contributed by atoms with Gasteiger partial charge in [-0.25, -0.2) is 4.79 Å². The molecule has 0 unspecified atom stereocenters. The Morgan fingerprint density at radius 2 is 1.97 bits per heavy atom. The molecule has 162 valence electrons. The van der Waals surface area contributed by atoms with Crippen LogP contribution in [0.3, 0.4) is 0 Å². The number of rotatable bonds is 3. The Hall–Kier alpha value is -1.85. The van der Waals surface area contributed by atoms with E-state index in [1.165, 1.54) is 6.42 Å². The number of aromatic nitrogens is 1. The molecule has 3 aliphatic rings. The highest BCUT2D eigenvalue weighted by atomic mass is 16.8. The lowest BCUT2D eigenvalue weighted by Gasteiger charge is -2.36. The fourth-order valence-electron chi connectivity index (χ4n) is 5.86. The molecule has 1 aromatic heterocycles. The molecule has 1 saturated heterocycles. The van der Waals surface area contributed by atoms with Crippen LogP contribution in [0.4, 0.5) is 0 Å². The first kappa shape index (κ1) is 20.1. The molecule has 5 heteroatoms. The number of fused-ring (bicyclic) bond motifs is 5. The zero-order valence-corrected chi connectivity index (χ0v) is 18.7. The van der Waals surface area contributed by atoms with Gasteiger partial charge < -0.3 is 18.8 Å². The van der Waals surface area contributed by atoms with Crippen molar-refractivity contribution in [2.45, 2.75) is 84.5 Å². The number of carbonyl (C=O) groups excluding carboxylic acids is 1. The van der Waals surface area contributed by atoms with Crippen molar-refractivity contribution < 1.29 is 19.0 Å². The van der Waals surface area contributed by atoms with Crippen LogP contribution in [0.2, 0.25) is 0 Å². The van der Waals surface area contributed by atoms with E-state index in [9.17, 15) is 4.79 Å². The summed E-state index contributed by atoms with van der Waals surface area (Å²) in [6, 6.07) is 8.10. The second kappa shape index (κ2) is 7.10. The summed E-state index contributed by atoms with van der Waals surface area (Å²) in [5.74, 6) is 0.665. The highest BCUT2D eigenvalue weighted by molar-refractivity contribution is 6.06. The summed E-state index contributed by atoms with van der Waals surface area (Å²) in [6.07, 6.45) is 2.96. The number of nitrogens with zero attached hydrogens (tertiary/aromatic N) is 1. The van der Waals surface area contributed by atoms with Gasteiger partial charge >= 0.3 is 5.97 Å². The second-order valence-corrected chi connectivity index (χ2v) is 10.3. The van der Waals surface area contributed by atoms with E-state index in [1.807, 2.05) is 32.0 Å². The molecule has 30 heavy (non-hydrogen) atoms. The fourth-order valence-corrected chi connectivity index (χ4v) is 5.86. The summed E-state index contributed by atoms with van der Waals surface area (Å²) >= 11 is 0. The molecule has 1 aromatic carbocycles. The number of esters is 1. The van der Waals surface area contributed by atoms with Gasteiger partial charge in [-0.15, -0.1) is 0 Å². The van der Waals surface area contributed by atoms with Gasteiger partial charge in [0, 0.05) is 10.9 Å². The van der Waals surface area contributed by atoms with Crippen LogP contribution in [-0.2, 0) is 20.8 Å². The van der Waals surface area contributed by atoms with Gasteiger partial charge in [0.15, 0.2) is 5.79 Å². The van der Waals surface area contributed by atoms with Crippen molar-refractivity contribution in [3.05, 3.63) is 35.5 Å². The lowest BCUT2D eigenvalue weighted by atomic mass is 9.75. The van der Waals surface area contributed by atoms with Crippen LogP contribution in [0.15, 0.2) is 24.3 Å². The van der Waals surface area contributed by atoms with Crippen LogP contribution in [0.25, 0.3) is 10.9 Å². The molecule has 1 aliphatic carbocycles. The third-order valence-corrected chi connectivity index (χ3v) is 7.25. The second-order valence-electron chi connectivity index (χ2n) is 10.3. The zero-order chi connectivity index (χ0) is 21.2. The minimum absolute atomic E-state index is 0.0232. The Labute approximate surface area is 178 Å². The third-order valence-electron chi connectivity index (χ3n) is 7.25. The van der Waals surface area contributed by atoms with Crippen LogP contribution in [-0.4, -0.2) is 28.5 Å². The quantitative estimate of drug-likeness (QED) is 0.629. The van der Waals surface area contributed by atoms with Crippen LogP contribution in [0.1, 0.15) is 76.0 Å². The number of para-hydroxylation sites is 1. The Morgan fingerprint density at radius 1 is 1.20 bits per heavy atom. The van der Waals surface area contributed by atoms with E-state index in [0.717, 1.165) is 29.4 Å². The minimum atomic E-state index is -0.639.